The second kappa shape index (κ2) is 8.90. The number of carbonyl (C=O) groups is 1. The van der Waals surface area contributed by atoms with Crippen LogP contribution in [0.1, 0.15) is 0 Å². The highest BCUT2D eigenvalue weighted by Crippen LogP contribution is 1.25. The van der Waals surface area contributed by atoms with E-state index < -0.39 is 6.03 Å². The highest BCUT2D eigenvalue weighted by atomic mass is 79.9. The first-order chi connectivity index (χ1) is 1.73. The molecule has 0 saturated carbocycles. The molecule has 3 nitrogen and oxygen atoms in total. The quantitative estimate of drug-likeness (QED) is 0.538. The summed E-state index contributed by atoms with van der Waals surface area (Å²) in [6.45, 7) is 0. The second-order valence-electron chi connectivity index (χ2n) is 0.402. The van der Waals surface area contributed by atoms with Crippen LogP contribution in [0, 0.1) is 0 Å². The standard InChI is InChI=1S/CH4N2O.BrH.ClH/c2-1(3)4;;/h(H4,2,3,4);2*1H. The molecule has 6 heavy (non-hydrogen) atoms. The van der Waals surface area contributed by atoms with E-state index in [9.17, 15) is 0 Å². The molecular weight excluding hydrogens is 171 g/mol. The fourth-order valence-corrected chi connectivity index (χ4v) is 0. The van der Waals surface area contributed by atoms with Crippen molar-refractivity contribution < 1.29 is 4.79 Å². The van der Waals surface area contributed by atoms with Crippen LogP contribution in [0.15, 0.2) is 0 Å². The molecular formula is CH6BrClN2O. The summed E-state index contributed by atoms with van der Waals surface area (Å²) in [5.74, 6) is 0. The molecule has 0 heterocycles. The number of primary amides is 2. The summed E-state index contributed by atoms with van der Waals surface area (Å²) in [5, 5.41) is 0. The predicted molar refractivity (Wildman–Crippen MR) is 31.3 cm³/mol. The lowest BCUT2D eigenvalue weighted by Gasteiger charge is -1.62. The first-order valence-corrected chi connectivity index (χ1v) is 0.781. The number of urea groups is 1. The first kappa shape index (κ1) is 16.6. The molecule has 0 bridgehead atoms. The van der Waals surface area contributed by atoms with Crippen molar-refractivity contribution >= 4 is 35.4 Å². The third-order valence-corrected chi connectivity index (χ3v) is 0. The van der Waals surface area contributed by atoms with E-state index in [4.69, 9.17) is 4.79 Å². The van der Waals surface area contributed by atoms with Gasteiger partial charge in [-0.3, -0.25) is 0 Å². The normalized spacial score (nSPS) is 4.00. The number of hydrogen-bond acceptors (Lipinski definition) is 1. The Morgan fingerprint density at radius 2 is 1.33 bits per heavy atom. The largest absolute Gasteiger partial charge is 0.352 e. The van der Waals surface area contributed by atoms with Gasteiger partial charge in [0.1, 0.15) is 0 Å². The van der Waals surface area contributed by atoms with E-state index in [1.54, 1.807) is 0 Å². The van der Waals surface area contributed by atoms with Gasteiger partial charge in [-0.25, -0.2) is 4.79 Å². The Balaban J connectivity index is -0.0000000450. The number of carbonyl (C=O) groups excluding carboxylic acids is 1. The number of halogens is 2. The number of amides is 2. The molecule has 0 rings (SSSR count). The SMILES string of the molecule is Br.Cl.NC(N)=O. The van der Waals surface area contributed by atoms with Crippen molar-refractivity contribution in [2.45, 2.75) is 0 Å². The summed E-state index contributed by atoms with van der Waals surface area (Å²) in [5.41, 5.74) is 8.50. The van der Waals surface area contributed by atoms with Gasteiger partial charge in [-0.05, 0) is 0 Å². The van der Waals surface area contributed by atoms with Gasteiger partial charge in [-0.15, -0.1) is 29.4 Å². The Hall–Kier alpha value is 0.0400. The minimum Gasteiger partial charge on any atom is -0.352 e. The number of rotatable bonds is 0. The van der Waals surface area contributed by atoms with Gasteiger partial charge in [0.25, 0.3) is 0 Å². The van der Waals surface area contributed by atoms with Crippen LogP contribution in [0.4, 0.5) is 4.79 Å². The molecule has 4 N–H and O–H groups in total. The lowest BCUT2D eigenvalue weighted by atomic mass is 11.2. The van der Waals surface area contributed by atoms with Crippen molar-refractivity contribution in [2.24, 2.45) is 11.5 Å². The molecule has 0 aliphatic carbocycles. The first-order valence-electron chi connectivity index (χ1n) is 0.781. The van der Waals surface area contributed by atoms with E-state index in [-0.39, 0.29) is 29.4 Å². The van der Waals surface area contributed by atoms with Gasteiger partial charge in [0.15, 0.2) is 0 Å². The Kier molecular flexibility index (Phi) is 24.6. The smallest absolute Gasteiger partial charge is 0.309 e. The highest BCUT2D eigenvalue weighted by molar-refractivity contribution is 8.93. The van der Waals surface area contributed by atoms with Gasteiger partial charge in [0.05, 0.1) is 0 Å². The molecule has 5 heteroatoms. The van der Waals surface area contributed by atoms with Gasteiger partial charge >= 0.3 is 6.03 Å². The number of nitrogens with two attached hydrogens (primary N) is 2. The maximum atomic E-state index is 9.00. The second-order valence-corrected chi connectivity index (χ2v) is 0.402. The van der Waals surface area contributed by atoms with Crippen LogP contribution in [0.3, 0.4) is 0 Å². The topological polar surface area (TPSA) is 69.1 Å². The van der Waals surface area contributed by atoms with Crippen LogP contribution in [0.25, 0.3) is 0 Å². The molecule has 0 fully saturated rings. The Bertz CT molecular complexity index is 36.5. The maximum absolute atomic E-state index is 9.00. The maximum Gasteiger partial charge on any atom is 0.309 e. The molecule has 0 saturated heterocycles. The third-order valence-electron chi connectivity index (χ3n) is 0. The fourth-order valence-electron chi connectivity index (χ4n) is 0. The van der Waals surface area contributed by atoms with Crippen LogP contribution in [-0.4, -0.2) is 6.03 Å². The van der Waals surface area contributed by atoms with E-state index in [0.29, 0.717) is 0 Å². The van der Waals surface area contributed by atoms with E-state index in [1.807, 2.05) is 0 Å². The predicted octanol–water partition coefficient (Wildman–Crippen LogP) is 0.0235. The van der Waals surface area contributed by atoms with Crippen molar-refractivity contribution in [1.29, 1.82) is 0 Å². The monoisotopic (exact) mass is 176 g/mol. The van der Waals surface area contributed by atoms with E-state index in [0.717, 1.165) is 0 Å². The van der Waals surface area contributed by atoms with Crippen LogP contribution >= 0.6 is 29.4 Å². The highest BCUT2D eigenvalue weighted by Gasteiger charge is 1.60. The minimum absolute atomic E-state index is 0. The van der Waals surface area contributed by atoms with Gasteiger partial charge in [-0.1, -0.05) is 0 Å². The average molecular weight is 177 g/mol. The zero-order valence-electron chi connectivity index (χ0n) is 2.88. The molecule has 0 radical (unpaired) electrons. The lowest BCUT2D eigenvalue weighted by Crippen LogP contribution is -2.18. The van der Waals surface area contributed by atoms with Crippen molar-refractivity contribution in [3.63, 3.8) is 0 Å². The summed E-state index contributed by atoms with van der Waals surface area (Å²) in [6.07, 6.45) is 0. The van der Waals surface area contributed by atoms with Crippen LogP contribution in [0.2, 0.25) is 0 Å². The minimum atomic E-state index is -0.833. The van der Waals surface area contributed by atoms with Gasteiger partial charge in [-0.2, -0.15) is 0 Å². The van der Waals surface area contributed by atoms with E-state index >= 15 is 0 Å². The van der Waals surface area contributed by atoms with Gasteiger partial charge in [0.2, 0.25) is 0 Å². The Morgan fingerprint density at radius 3 is 1.33 bits per heavy atom. The molecule has 0 atom stereocenters. The molecule has 0 aromatic heterocycles. The summed E-state index contributed by atoms with van der Waals surface area (Å²) in [6, 6.07) is -0.833. The molecule has 0 aliphatic rings. The lowest BCUT2D eigenvalue weighted by molar-refractivity contribution is 0.256. The summed E-state index contributed by atoms with van der Waals surface area (Å²) >= 11 is 0. The van der Waals surface area contributed by atoms with Crippen molar-refractivity contribution in [1.82, 2.24) is 0 Å². The van der Waals surface area contributed by atoms with Crippen LogP contribution < -0.4 is 11.5 Å². The van der Waals surface area contributed by atoms with E-state index in [2.05, 4.69) is 11.5 Å². The number of hydrogen-bond donors (Lipinski definition) is 2. The van der Waals surface area contributed by atoms with Crippen LogP contribution in [0.5, 0.6) is 0 Å². The molecule has 0 aliphatic heterocycles. The molecule has 2 amide bonds. The summed E-state index contributed by atoms with van der Waals surface area (Å²) in [7, 11) is 0. The van der Waals surface area contributed by atoms with Crippen molar-refractivity contribution in [3.05, 3.63) is 0 Å². The van der Waals surface area contributed by atoms with Crippen molar-refractivity contribution in [2.75, 3.05) is 0 Å². The van der Waals surface area contributed by atoms with E-state index in [1.165, 1.54) is 0 Å². The molecule has 0 aromatic carbocycles. The zero-order valence-corrected chi connectivity index (χ0v) is 5.41. The molecule has 0 aromatic rings. The Morgan fingerprint density at radius 1 is 1.33 bits per heavy atom. The van der Waals surface area contributed by atoms with Crippen LogP contribution in [-0.2, 0) is 0 Å². The Labute approximate surface area is 52.2 Å². The summed E-state index contributed by atoms with van der Waals surface area (Å²) in [4.78, 5) is 9.00. The molecule has 0 spiro atoms. The summed E-state index contributed by atoms with van der Waals surface area (Å²) < 4.78 is 0. The van der Waals surface area contributed by atoms with Gasteiger partial charge < -0.3 is 11.5 Å². The average Bonchev–Trinajstić information content (AvgIpc) is 0.811. The molecule has 40 valence electrons. The fraction of sp³-hybridized carbons (Fsp3) is 0. The molecule has 0 unspecified atom stereocenters. The van der Waals surface area contributed by atoms with Gasteiger partial charge in [0, 0.05) is 0 Å². The third kappa shape index (κ3) is 23300. The van der Waals surface area contributed by atoms with Crippen molar-refractivity contribution in [3.8, 4) is 0 Å². The zero-order chi connectivity index (χ0) is 3.58.